The third-order valence-corrected chi connectivity index (χ3v) is 16.9. The molecule has 17 aromatic rings. The lowest BCUT2D eigenvalue weighted by atomic mass is 9.85. The van der Waals surface area contributed by atoms with Crippen LogP contribution in [-0.4, -0.2) is 0 Å². The lowest BCUT2D eigenvalue weighted by molar-refractivity contribution is 0.671. The second-order valence-corrected chi connectivity index (χ2v) is 21.0. The summed E-state index contributed by atoms with van der Waals surface area (Å²) in [4.78, 5) is 0. The summed E-state index contributed by atoms with van der Waals surface area (Å²) in [5.41, 5.74) is 16.1. The summed E-state index contributed by atoms with van der Waals surface area (Å²) in [6.45, 7) is 0. The van der Waals surface area contributed by atoms with Gasteiger partial charge in [0, 0.05) is 21.9 Å². The molecule has 0 radical (unpaired) electrons. The predicted octanol–water partition coefficient (Wildman–Crippen LogP) is 21.7. The molecule has 0 aliphatic carbocycles. The van der Waals surface area contributed by atoms with E-state index in [9.17, 15) is 0 Å². The number of hydrogen-bond acceptors (Lipinski definition) is 1. The van der Waals surface area contributed by atoms with E-state index in [1.165, 1.54) is 125 Å². The second-order valence-electron chi connectivity index (χ2n) is 21.0. The van der Waals surface area contributed by atoms with E-state index in [0.29, 0.717) is 0 Å². The van der Waals surface area contributed by atoms with Crippen molar-refractivity contribution in [2.45, 2.75) is 0 Å². The first-order valence-electron chi connectivity index (χ1n) is 26.7. The molecule has 0 N–H and O–H groups in total. The molecule has 1 nitrogen and oxygen atoms in total. The predicted molar refractivity (Wildman–Crippen MR) is 329 cm³/mol. The Balaban J connectivity index is 0.881. The normalized spacial score (nSPS) is 12.2. The van der Waals surface area contributed by atoms with Crippen molar-refractivity contribution in [2.75, 3.05) is 0 Å². The topological polar surface area (TPSA) is 13.1 Å². The Labute approximate surface area is 443 Å². The third-order valence-electron chi connectivity index (χ3n) is 16.9. The molecule has 1 aromatic heterocycles. The minimum atomic E-state index is 0.882. The van der Waals surface area contributed by atoms with Crippen LogP contribution in [0, 0.1) is 0 Å². The van der Waals surface area contributed by atoms with Gasteiger partial charge in [-0.15, -0.1) is 0 Å². The number of furan rings is 1. The SMILES string of the molecule is c1ccc(-c2ccc3ccc4c(-c5cccc(-c6c7ccccc7c(-c7cccc(-c8ccc9ccc%10c(-c%11ccccc%11)ccc%11ccc8c9c%11%10)c7)c7c6oc6cc8ccccc8cc67)c5)ccc5ccc2c3c54)cc1. The standard InChI is InChI=1S/C76H44O/c1-3-13-45(14-4-1)57-33-25-47-31-39-65-59(35-27-49-29-37-63(57)69(47)71(49)65)53-19-11-21-55(41-53)73-61-23-9-10-24-62(61)74(76-75(73)67-43-51-17-7-8-18-52(51)44-68(67)77-76)56-22-12-20-54(42-56)60-36-28-50-30-38-64-58(46-15-5-2-6-16-46)34-26-48-32-40-66(60)72(50)70(48)64/h1-44H. The van der Waals surface area contributed by atoms with Crippen LogP contribution in [0.3, 0.4) is 0 Å². The van der Waals surface area contributed by atoms with Crippen LogP contribution < -0.4 is 0 Å². The van der Waals surface area contributed by atoms with E-state index < -0.39 is 0 Å². The molecule has 0 amide bonds. The molecule has 0 bridgehead atoms. The zero-order chi connectivity index (χ0) is 50.3. The summed E-state index contributed by atoms with van der Waals surface area (Å²) >= 11 is 0. The van der Waals surface area contributed by atoms with Crippen LogP contribution in [-0.2, 0) is 0 Å². The molecule has 16 aromatic carbocycles. The Hall–Kier alpha value is -10.1. The Kier molecular flexibility index (Phi) is 8.90. The number of hydrogen-bond donors (Lipinski definition) is 0. The van der Waals surface area contributed by atoms with Crippen molar-refractivity contribution in [2.24, 2.45) is 0 Å². The number of rotatable bonds is 6. The lowest BCUT2D eigenvalue weighted by Gasteiger charge is -2.18. The zero-order valence-corrected chi connectivity index (χ0v) is 41.8. The van der Waals surface area contributed by atoms with E-state index in [1.807, 2.05) is 0 Å². The molecule has 0 saturated carbocycles. The highest BCUT2D eigenvalue weighted by Crippen LogP contribution is 2.51. The van der Waals surface area contributed by atoms with E-state index in [1.54, 1.807) is 0 Å². The Bertz CT molecular complexity index is 5250. The van der Waals surface area contributed by atoms with Crippen molar-refractivity contribution >= 4 is 108 Å². The van der Waals surface area contributed by atoms with Crippen LogP contribution in [0.1, 0.15) is 0 Å². The first-order valence-corrected chi connectivity index (χ1v) is 26.7. The first kappa shape index (κ1) is 42.3. The second kappa shape index (κ2) is 16.2. The molecule has 354 valence electrons. The Morgan fingerprint density at radius 1 is 0.195 bits per heavy atom. The van der Waals surface area contributed by atoms with Gasteiger partial charge in [0.2, 0.25) is 0 Å². The molecule has 0 unspecified atom stereocenters. The van der Waals surface area contributed by atoms with E-state index in [-0.39, 0.29) is 0 Å². The summed E-state index contributed by atoms with van der Waals surface area (Å²) in [5, 5.41) is 22.3. The van der Waals surface area contributed by atoms with E-state index in [2.05, 4.69) is 267 Å². The Morgan fingerprint density at radius 3 is 1.04 bits per heavy atom. The van der Waals surface area contributed by atoms with Crippen molar-refractivity contribution in [3.63, 3.8) is 0 Å². The average Bonchev–Trinajstić information content (AvgIpc) is 4.09. The van der Waals surface area contributed by atoms with Gasteiger partial charge in [-0.05, 0) is 166 Å². The average molecular weight is 973 g/mol. The van der Waals surface area contributed by atoms with Crippen LogP contribution >= 0.6 is 0 Å². The molecule has 0 saturated heterocycles. The van der Waals surface area contributed by atoms with Crippen LogP contribution in [0.4, 0.5) is 0 Å². The van der Waals surface area contributed by atoms with Gasteiger partial charge in [0.1, 0.15) is 11.2 Å². The minimum Gasteiger partial charge on any atom is -0.455 e. The van der Waals surface area contributed by atoms with Crippen molar-refractivity contribution in [1.82, 2.24) is 0 Å². The fourth-order valence-corrected chi connectivity index (χ4v) is 13.5. The smallest absolute Gasteiger partial charge is 0.144 e. The van der Waals surface area contributed by atoms with Crippen LogP contribution in [0.5, 0.6) is 0 Å². The Morgan fingerprint density at radius 2 is 0.558 bits per heavy atom. The molecule has 0 aliphatic rings. The molecular weight excluding hydrogens is 929 g/mol. The molecular formula is C76H44O. The van der Waals surface area contributed by atoms with Gasteiger partial charge in [0.05, 0.1) is 0 Å². The molecule has 17 rings (SSSR count). The summed E-state index contributed by atoms with van der Waals surface area (Å²) in [5.74, 6) is 0. The molecule has 77 heavy (non-hydrogen) atoms. The summed E-state index contributed by atoms with van der Waals surface area (Å²) < 4.78 is 7.34. The summed E-state index contributed by atoms with van der Waals surface area (Å²) in [6, 6.07) is 99.1. The highest BCUT2D eigenvalue weighted by atomic mass is 16.3. The van der Waals surface area contributed by atoms with Gasteiger partial charge in [-0.3, -0.25) is 0 Å². The molecule has 1 heteroatoms. The van der Waals surface area contributed by atoms with Crippen LogP contribution in [0.2, 0.25) is 0 Å². The molecule has 0 atom stereocenters. The van der Waals surface area contributed by atoms with Gasteiger partial charge in [-0.25, -0.2) is 0 Å². The van der Waals surface area contributed by atoms with Crippen molar-refractivity contribution in [1.29, 1.82) is 0 Å². The van der Waals surface area contributed by atoms with Gasteiger partial charge >= 0.3 is 0 Å². The van der Waals surface area contributed by atoms with Crippen LogP contribution in [0.15, 0.2) is 271 Å². The van der Waals surface area contributed by atoms with E-state index >= 15 is 0 Å². The molecule has 0 fully saturated rings. The lowest BCUT2D eigenvalue weighted by Crippen LogP contribution is -1.92. The fraction of sp³-hybridized carbons (Fsp3) is 0. The van der Waals surface area contributed by atoms with Gasteiger partial charge in [0.25, 0.3) is 0 Å². The fourth-order valence-electron chi connectivity index (χ4n) is 13.5. The molecule has 0 aliphatic heterocycles. The maximum absolute atomic E-state index is 7.34. The maximum atomic E-state index is 7.34. The quantitative estimate of drug-likeness (QED) is 0.151. The van der Waals surface area contributed by atoms with E-state index in [4.69, 9.17) is 4.42 Å². The highest BCUT2D eigenvalue weighted by molar-refractivity contribution is 6.31. The first-order chi connectivity index (χ1) is 38.2. The van der Waals surface area contributed by atoms with Gasteiger partial charge in [-0.2, -0.15) is 0 Å². The van der Waals surface area contributed by atoms with Gasteiger partial charge in [-0.1, -0.05) is 243 Å². The maximum Gasteiger partial charge on any atom is 0.144 e. The van der Waals surface area contributed by atoms with Crippen LogP contribution in [0.25, 0.3) is 175 Å². The monoisotopic (exact) mass is 972 g/mol. The van der Waals surface area contributed by atoms with E-state index in [0.717, 1.165) is 49.4 Å². The minimum absolute atomic E-state index is 0.882. The molecule has 0 spiro atoms. The van der Waals surface area contributed by atoms with Gasteiger partial charge in [0.15, 0.2) is 0 Å². The number of fused-ring (bicyclic) bond motifs is 5. The highest BCUT2D eigenvalue weighted by Gasteiger charge is 2.25. The summed E-state index contributed by atoms with van der Waals surface area (Å²) in [6.07, 6.45) is 0. The zero-order valence-electron chi connectivity index (χ0n) is 41.8. The molecule has 1 heterocycles. The number of benzene rings is 16. The van der Waals surface area contributed by atoms with Crippen molar-refractivity contribution in [3.05, 3.63) is 267 Å². The van der Waals surface area contributed by atoms with Gasteiger partial charge < -0.3 is 4.42 Å². The summed E-state index contributed by atoms with van der Waals surface area (Å²) in [7, 11) is 0. The van der Waals surface area contributed by atoms with Crippen molar-refractivity contribution < 1.29 is 4.42 Å². The largest absolute Gasteiger partial charge is 0.455 e. The third kappa shape index (κ3) is 6.23. The van der Waals surface area contributed by atoms with Crippen molar-refractivity contribution in [3.8, 4) is 66.8 Å².